The van der Waals surface area contributed by atoms with Crippen LogP contribution in [0, 0.1) is 11.8 Å². The van der Waals surface area contributed by atoms with Crippen molar-refractivity contribution >= 4 is 18.0 Å². The maximum absolute atomic E-state index is 13.9. The summed E-state index contributed by atoms with van der Waals surface area (Å²) in [5.41, 5.74) is -2.29. The Morgan fingerprint density at radius 2 is 1.35 bits per heavy atom. The van der Waals surface area contributed by atoms with Crippen LogP contribution in [0.4, 0.5) is 9.59 Å². The lowest BCUT2D eigenvalue weighted by Gasteiger charge is -2.41. The summed E-state index contributed by atoms with van der Waals surface area (Å²) in [5, 5.41) is 0. The standard InChI is InChI=1S/C31H46N2O7/c1-28(2)19-38-30(5,6)32(28)26(35)37-18-22-16-12-13-17-23(22)25(24(34)21-14-10-9-11-15-21)40-27(36)33-29(3,4)20-39-31(33,7)8/h9-11,14-15,22-23,25H,12-13,16-20H2,1-8H3/t22-,23-,25+/m1/s1. The number of nitrogens with zero attached hydrogens (tertiary/aromatic N) is 2. The average molecular weight is 559 g/mol. The highest BCUT2D eigenvalue weighted by molar-refractivity contribution is 6.00. The van der Waals surface area contributed by atoms with Crippen molar-refractivity contribution in [2.75, 3.05) is 19.8 Å². The van der Waals surface area contributed by atoms with Crippen molar-refractivity contribution in [1.82, 2.24) is 9.80 Å². The Bertz CT molecular complexity index is 1070. The summed E-state index contributed by atoms with van der Waals surface area (Å²) in [5.74, 6) is -0.694. The van der Waals surface area contributed by atoms with E-state index in [2.05, 4.69) is 0 Å². The van der Waals surface area contributed by atoms with Gasteiger partial charge in [0, 0.05) is 11.5 Å². The molecule has 1 saturated carbocycles. The van der Waals surface area contributed by atoms with Crippen LogP contribution in [0.25, 0.3) is 0 Å². The fourth-order valence-corrected chi connectivity index (χ4v) is 6.70. The smallest absolute Gasteiger partial charge is 0.413 e. The Hall–Kier alpha value is -2.65. The molecule has 3 aliphatic rings. The van der Waals surface area contributed by atoms with Gasteiger partial charge >= 0.3 is 12.2 Å². The van der Waals surface area contributed by atoms with Gasteiger partial charge in [-0.3, -0.25) is 14.6 Å². The van der Waals surface area contributed by atoms with E-state index in [0.717, 1.165) is 19.3 Å². The zero-order valence-corrected chi connectivity index (χ0v) is 25.3. The maximum atomic E-state index is 13.9. The molecule has 222 valence electrons. The largest absolute Gasteiger partial charge is 0.449 e. The Balaban J connectivity index is 1.58. The molecule has 0 N–H and O–H groups in total. The molecule has 0 bridgehead atoms. The SMILES string of the molecule is CC1(C)COC(C)(C)N1C(=O)OC[C@H]1CCCC[C@H]1[C@H](OC(=O)N1C(C)(C)COC1(C)C)C(=O)c1ccccc1. The molecule has 4 rings (SSSR count). The number of ketones is 1. The molecule has 3 fully saturated rings. The third kappa shape index (κ3) is 6.00. The van der Waals surface area contributed by atoms with Gasteiger partial charge < -0.3 is 18.9 Å². The molecule has 0 radical (unpaired) electrons. The van der Waals surface area contributed by atoms with Gasteiger partial charge in [0.2, 0.25) is 5.78 Å². The average Bonchev–Trinajstić information content (AvgIpc) is 3.25. The van der Waals surface area contributed by atoms with E-state index >= 15 is 0 Å². The molecule has 0 unspecified atom stereocenters. The van der Waals surface area contributed by atoms with E-state index in [9.17, 15) is 14.4 Å². The Morgan fingerprint density at radius 3 is 1.88 bits per heavy atom. The van der Waals surface area contributed by atoms with Crippen molar-refractivity contribution in [1.29, 1.82) is 0 Å². The van der Waals surface area contributed by atoms with Crippen molar-refractivity contribution in [2.24, 2.45) is 11.8 Å². The molecule has 1 aliphatic carbocycles. The first-order valence-corrected chi connectivity index (χ1v) is 14.4. The second-order valence-corrected chi connectivity index (χ2v) is 13.6. The molecule has 1 aromatic carbocycles. The highest BCUT2D eigenvalue weighted by Crippen LogP contribution is 2.40. The minimum Gasteiger partial charge on any atom is -0.449 e. The fraction of sp³-hybridized carbons (Fsp3) is 0.710. The first-order valence-electron chi connectivity index (χ1n) is 14.4. The van der Waals surface area contributed by atoms with Gasteiger partial charge in [-0.2, -0.15) is 0 Å². The lowest BCUT2D eigenvalue weighted by Crippen LogP contribution is -2.55. The van der Waals surface area contributed by atoms with Crippen molar-refractivity contribution in [3.8, 4) is 0 Å². The van der Waals surface area contributed by atoms with Crippen molar-refractivity contribution in [2.45, 2.75) is 110 Å². The van der Waals surface area contributed by atoms with Crippen molar-refractivity contribution < 1.29 is 33.3 Å². The van der Waals surface area contributed by atoms with Gasteiger partial charge in [0.05, 0.1) is 30.9 Å². The second-order valence-electron chi connectivity index (χ2n) is 13.6. The van der Waals surface area contributed by atoms with Crippen LogP contribution in [-0.2, 0) is 18.9 Å². The minimum atomic E-state index is -1.02. The first kappa shape index (κ1) is 30.3. The molecule has 2 aliphatic heterocycles. The lowest BCUT2D eigenvalue weighted by atomic mass is 9.75. The highest BCUT2D eigenvalue weighted by atomic mass is 16.6. The van der Waals surface area contributed by atoms with E-state index in [1.54, 1.807) is 34.1 Å². The zero-order chi connectivity index (χ0) is 29.5. The van der Waals surface area contributed by atoms with Crippen LogP contribution in [0.5, 0.6) is 0 Å². The van der Waals surface area contributed by atoms with Crippen LogP contribution < -0.4 is 0 Å². The number of carbonyl (C=O) groups is 3. The summed E-state index contributed by atoms with van der Waals surface area (Å²) in [6.45, 7) is 16.0. The summed E-state index contributed by atoms with van der Waals surface area (Å²) in [6, 6.07) is 8.93. The zero-order valence-electron chi connectivity index (χ0n) is 25.3. The molecule has 40 heavy (non-hydrogen) atoms. The number of amides is 2. The van der Waals surface area contributed by atoms with E-state index in [1.165, 1.54) is 0 Å². The second kappa shape index (κ2) is 11.0. The highest BCUT2D eigenvalue weighted by Gasteiger charge is 2.52. The van der Waals surface area contributed by atoms with Crippen LogP contribution in [0.2, 0.25) is 0 Å². The molecule has 0 aromatic heterocycles. The van der Waals surface area contributed by atoms with Gasteiger partial charge in [-0.25, -0.2) is 9.59 Å². The minimum absolute atomic E-state index is 0.131. The van der Waals surface area contributed by atoms with Gasteiger partial charge in [0.1, 0.15) is 11.4 Å². The summed E-state index contributed by atoms with van der Waals surface area (Å²) in [6.07, 6.45) is 1.25. The number of benzene rings is 1. The summed E-state index contributed by atoms with van der Waals surface area (Å²) >= 11 is 0. The summed E-state index contributed by atoms with van der Waals surface area (Å²) in [4.78, 5) is 44.2. The summed E-state index contributed by atoms with van der Waals surface area (Å²) < 4.78 is 23.8. The van der Waals surface area contributed by atoms with E-state index < -0.39 is 40.8 Å². The van der Waals surface area contributed by atoms with Crippen LogP contribution in [0.1, 0.15) is 91.4 Å². The predicted molar refractivity (Wildman–Crippen MR) is 150 cm³/mol. The fourth-order valence-electron chi connectivity index (χ4n) is 6.70. The van der Waals surface area contributed by atoms with E-state index in [4.69, 9.17) is 18.9 Å². The van der Waals surface area contributed by atoms with E-state index in [1.807, 2.05) is 61.5 Å². The Kier molecular flexibility index (Phi) is 8.31. The number of hydrogen-bond acceptors (Lipinski definition) is 7. The topological polar surface area (TPSA) is 94.6 Å². The van der Waals surface area contributed by atoms with Gasteiger partial charge in [-0.15, -0.1) is 0 Å². The number of rotatable bonds is 6. The molecule has 9 heteroatoms. The third-order valence-electron chi connectivity index (χ3n) is 8.53. The number of carbonyl (C=O) groups excluding carboxylic acids is 3. The van der Waals surface area contributed by atoms with Crippen molar-refractivity contribution in [3.05, 3.63) is 35.9 Å². The molecular formula is C31H46N2O7. The third-order valence-corrected chi connectivity index (χ3v) is 8.53. The van der Waals surface area contributed by atoms with Gasteiger partial charge in [0.25, 0.3) is 0 Å². The normalized spacial score (nSPS) is 27.2. The van der Waals surface area contributed by atoms with Gasteiger partial charge in [0.15, 0.2) is 6.10 Å². The van der Waals surface area contributed by atoms with Gasteiger partial charge in [-0.05, 0) is 74.1 Å². The number of ether oxygens (including phenoxy) is 4. The van der Waals surface area contributed by atoms with E-state index in [-0.39, 0.29) is 24.2 Å². The lowest BCUT2D eigenvalue weighted by molar-refractivity contribution is -0.0699. The molecule has 2 amide bonds. The quantitative estimate of drug-likeness (QED) is 0.395. The Morgan fingerprint density at radius 1 is 0.825 bits per heavy atom. The molecule has 0 spiro atoms. The van der Waals surface area contributed by atoms with Crippen LogP contribution in [-0.4, -0.2) is 76.2 Å². The molecule has 2 heterocycles. The Labute approximate surface area is 238 Å². The van der Waals surface area contributed by atoms with Gasteiger partial charge in [-0.1, -0.05) is 43.2 Å². The maximum Gasteiger partial charge on any atom is 0.413 e. The first-order chi connectivity index (χ1) is 18.6. The van der Waals surface area contributed by atoms with Crippen LogP contribution in [0.15, 0.2) is 30.3 Å². The molecule has 9 nitrogen and oxygen atoms in total. The van der Waals surface area contributed by atoms with Crippen LogP contribution >= 0.6 is 0 Å². The molecular weight excluding hydrogens is 512 g/mol. The van der Waals surface area contributed by atoms with Crippen LogP contribution in [0.3, 0.4) is 0 Å². The molecule has 1 aromatic rings. The molecule has 3 atom stereocenters. The predicted octanol–water partition coefficient (Wildman–Crippen LogP) is 6.01. The number of hydrogen-bond donors (Lipinski definition) is 0. The summed E-state index contributed by atoms with van der Waals surface area (Å²) in [7, 11) is 0. The van der Waals surface area contributed by atoms with Crippen molar-refractivity contribution in [3.63, 3.8) is 0 Å². The number of Topliss-reactive ketones (excluding diaryl/α,β-unsaturated/α-hetero) is 1. The van der Waals surface area contributed by atoms with E-state index in [0.29, 0.717) is 25.2 Å². The molecule has 2 saturated heterocycles. The monoisotopic (exact) mass is 558 g/mol.